The highest BCUT2D eigenvalue weighted by molar-refractivity contribution is 5.89. The van der Waals surface area contributed by atoms with Crippen LogP contribution in [-0.2, 0) is 15.1 Å². The maximum absolute atomic E-state index is 14.2. The normalized spacial score (nSPS) is 22.4. The van der Waals surface area contributed by atoms with E-state index in [2.05, 4.69) is 5.32 Å². The van der Waals surface area contributed by atoms with Crippen LogP contribution >= 0.6 is 0 Å². The lowest BCUT2D eigenvalue weighted by atomic mass is 10.0. The molecule has 1 unspecified atom stereocenters. The Morgan fingerprint density at radius 3 is 2.86 bits per heavy atom. The zero-order valence-corrected chi connectivity index (χ0v) is 12.3. The first kappa shape index (κ1) is 14.8. The summed E-state index contributed by atoms with van der Waals surface area (Å²) in [5.74, 6) is -0.599. The number of nitrogens with one attached hydrogen (secondary N) is 1. The number of carbonyl (C=O) groups is 2. The minimum absolute atomic E-state index is 0.192. The van der Waals surface area contributed by atoms with Gasteiger partial charge in [0.1, 0.15) is 11.9 Å². The predicted octanol–water partition coefficient (Wildman–Crippen LogP) is 1.23. The smallest absolute Gasteiger partial charge is 0.414 e. The van der Waals surface area contributed by atoms with Crippen LogP contribution in [0.4, 0.5) is 14.9 Å². The molecule has 3 N–H and O–H groups in total. The van der Waals surface area contributed by atoms with Crippen molar-refractivity contribution in [2.45, 2.75) is 31.4 Å². The summed E-state index contributed by atoms with van der Waals surface area (Å²) < 4.78 is 19.4. The fourth-order valence-corrected chi connectivity index (χ4v) is 2.58. The van der Waals surface area contributed by atoms with Crippen LogP contribution in [-0.4, -0.2) is 31.2 Å². The molecule has 1 aliphatic heterocycles. The van der Waals surface area contributed by atoms with Crippen molar-refractivity contribution in [1.29, 1.82) is 0 Å². The van der Waals surface area contributed by atoms with Gasteiger partial charge in [-0.25, -0.2) is 9.18 Å². The Bertz CT molecular complexity index is 630. The third-order valence-corrected chi connectivity index (χ3v) is 4.04. The number of ether oxygens (including phenoxy) is 1. The van der Waals surface area contributed by atoms with Gasteiger partial charge in [-0.2, -0.15) is 0 Å². The number of benzene rings is 1. The lowest BCUT2D eigenvalue weighted by Crippen LogP contribution is -2.33. The van der Waals surface area contributed by atoms with E-state index in [1.807, 2.05) is 0 Å². The summed E-state index contributed by atoms with van der Waals surface area (Å²) in [7, 11) is 0. The summed E-state index contributed by atoms with van der Waals surface area (Å²) in [4.78, 5) is 24.1. The Hall–Kier alpha value is -2.15. The molecule has 118 valence electrons. The Labute approximate surface area is 127 Å². The molecule has 2 aliphatic rings. The van der Waals surface area contributed by atoms with Gasteiger partial charge in [-0.3, -0.25) is 9.69 Å². The molecule has 0 spiro atoms. The molecule has 7 heteroatoms. The van der Waals surface area contributed by atoms with Crippen molar-refractivity contribution >= 4 is 17.7 Å². The lowest BCUT2D eigenvalue weighted by molar-refractivity contribution is -0.119. The number of amides is 2. The molecular formula is C15H18FN3O3. The molecule has 1 aliphatic carbocycles. The van der Waals surface area contributed by atoms with Crippen LogP contribution in [0.15, 0.2) is 18.2 Å². The van der Waals surface area contributed by atoms with Crippen molar-refractivity contribution in [3.8, 4) is 0 Å². The van der Waals surface area contributed by atoms with Crippen molar-refractivity contribution in [2.24, 2.45) is 5.73 Å². The van der Waals surface area contributed by atoms with Crippen molar-refractivity contribution in [3.63, 3.8) is 0 Å². The second kappa shape index (κ2) is 5.24. The number of nitrogens with zero attached hydrogens (tertiary/aromatic N) is 1. The van der Waals surface area contributed by atoms with Crippen LogP contribution in [0.3, 0.4) is 0 Å². The van der Waals surface area contributed by atoms with Gasteiger partial charge >= 0.3 is 6.09 Å². The first-order chi connectivity index (χ1) is 10.4. The largest absolute Gasteiger partial charge is 0.442 e. The molecule has 2 amide bonds. The predicted molar refractivity (Wildman–Crippen MR) is 77.8 cm³/mol. The molecule has 2 fully saturated rings. The van der Waals surface area contributed by atoms with Gasteiger partial charge in [-0.1, -0.05) is 6.07 Å². The standard InChI is InChI=1S/C15H18FN3O3/c1-9(20)18-7-11-8-19(14(21)22-11)10-2-3-12(13(16)6-10)15(17)4-5-15/h2-3,6,11H,4-5,7-8,17H2,1H3,(H,18,20). The van der Waals surface area contributed by atoms with E-state index in [0.29, 0.717) is 11.3 Å². The maximum atomic E-state index is 14.2. The quantitative estimate of drug-likeness (QED) is 0.876. The summed E-state index contributed by atoms with van der Waals surface area (Å²) >= 11 is 0. The molecule has 0 bridgehead atoms. The first-order valence-corrected chi connectivity index (χ1v) is 7.20. The number of cyclic esters (lactones) is 1. The monoisotopic (exact) mass is 307 g/mol. The molecule has 3 rings (SSSR count). The summed E-state index contributed by atoms with van der Waals surface area (Å²) in [5.41, 5.74) is 6.37. The van der Waals surface area contributed by atoms with E-state index in [4.69, 9.17) is 10.5 Å². The van der Waals surface area contributed by atoms with Crippen LogP contribution < -0.4 is 16.0 Å². The molecule has 1 saturated heterocycles. The maximum Gasteiger partial charge on any atom is 0.414 e. The van der Waals surface area contributed by atoms with E-state index < -0.39 is 23.6 Å². The van der Waals surface area contributed by atoms with Gasteiger partial charge in [-0.05, 0) is 25.0 Å². The fraction of sp³-hybridized carbons (Fsp3) is 0.467. The highest BCUT2D eigenvalue weighted by Crippen LogP contribution is 2.44. The Morgan fingerprint density at radius 2 is 2.27 bits per heavy atom. The third-order valence-electron chi connectivity index (χ3n) is 4.04. The number of nitrogens with two attached hydrogens (primary N) is 1. The molecule has 1 heterocycles. The zero-order valence-electron chi connectivity index (χ0n) is 12.3. The topological polar surface area (TPSA) is 84.7 Å². The second-order valence-corrected chi connectivity index (χ2v) is 5.87. The zero-order chi connectivity index (χ0) is 15.9. The fourth-order valence-electron chi connectivity index (χ4n) is 2.58. The van der Waals surface area contributed by atoms with Crippen LogP contribution in [0, 0.1) is 5.82 Å². The molecule has 22 heavy (non-hydrogen) atoms. The highest BCUT2D eigenvalue weighted by atomic mass is 19.1. The van der Waals surface area contributed by atoms with E-state index in [1.54, 1.807) is 12.1 Å². The average Bonchev–Trinajstić information content (AvgIpc) is 3.08. The Kier molecular flexibility index (Phi) is 3.52. The SMILES string of the molecule is CC(=O)NCC1CN(c2ccc(C3(N)CC3)c(F)c2)C(=O)O1. The van der Waals surface area contributed by atoms with Gasteiger partial charge in [0.2, 0.25) is 5.91 Å². The van der Waals surface area contributed by atoms with Gasteiger partial charge in [0.05, 0.1) is 18.8 Å². The van der Waals surface area contributed by atoms with Crippen LogP contribution in [0.5, 0.6) is 0 Å². The Balaban J connectivity index is 1.73. The van der Waals surface area contributed by atoms with Gasteiger partial charge < -0.3 is 15.8 Å². The molecule has 1 atom stereocenters. The number of anilines is 1. The molecular weight excluding hydrogens is 289 g/mol. The van der Waals surface area contributed by atoms with Gasteiger partial charge in [0, 0.05) is 18.0 Å². The van der Waals surface area contributed by atoms with Gasteiger partial charge in [0.25, 0.3) is 0 Å². The Morgan fingerprint density at radius 1 is 1.55 bits per heavy atom. The van der Waals surface area contributed by atoms with E-state index in [0.717, 1.165) is 12.8 Å². The van der Waals surface area contributed by atoms with Gasteiger partial charge in [0.15, 0.2) is 0 Å². The van der Waals surface area contributed by atoms with E-state index in [9.17, 15) is 14.0 Å². The second-order valence-electron chi connectivity index (χ2n) is 5.87. The first-order valence-electron chi connectivity index (χ1n) is 7.20. The van der Waals surface area contributed by atoms with Crippen molar-refractivity contribution < 1.29 is 18.7 Å². The minimum Gasteiger partial charge on any atom is -0.442 e. The van der Waals surface area contributed by atoms with Gasteiger partial charge in [-0.15, -0.1) is 0 Å². The van der Waals surface area contributed by atoms with Crippen LogP contribution in [0.2, 0.25) is 0 Å². The van der Waals surface area contributed by atoms with Crippen LogP contribution in [0.25, 0.3) is 0 Å². The number of carbonyl (C=O) groups excluding carboxylic acids is 2. The number of rotatable bonds is 4. The number of halogens is 1. The number of hydrogen-bond acceptors (Lipinski definition) is 4. The average molecular weight is 307 g/mol. The van der Waals surface area contributed by atoms with E-state index in [-0.39, 0.29) is 19.0 Å². The van der Waals surface area contributed by atoms with Crippen molar-refractivity contribution in [3.05, 3.63) is 29.6 Å². The van der Waals surface area contributed by atoms with E-state index in [1.165, 1.54) is 17.9 Å². The summed E-state index contributed by atoms with van der Waals surface area (Å²) in [6.07, 6.45) is 0.557. The lowest BCUT2D eigenvalue weighted by Gasteiger charge is -2.16. The molecule has 0 radical (unpaired) electrons. The van der Waals surface area contributed by atoms with E-state index >= 15 is 0 Å². The molecule has 1 aromatic carbocycles. The summed E-state index contributed by atoms with van der Waals surface area (Å²) in [6, 6.07) is 4.61. The molecule has 0 aromatic heterocycles. The van der Waals surface area contributed by atoms with Crippen molar-refractivity contribution in [1.82, 2.24) is 5.32 Å². The summed E-state index contributed by atoms with van der Waals surface area (Å²) in [5, 5.41) is 2.60. The molecule has 1 aromatic rings. The minimum atomic E-state index is -0.553. The number of hydrogen-bond donors (Lipinski definition) is 2. The molecule has 6 nitrogen and oxygen atoms in total. The van der Waals surface area contributed by atoms with Crippen molar-refractivity contribution in [2.75, 3.05) is 18.0 Å². The molecule has 1 saturated carbocycles. The highest BCUT2D eigenvalue weighted by Gasteiger charge is 2.42. The van der Waals surface area contributed by atoms with Crippen LogP contribution in [0.1, 0.15) is 25.3 Å². The summed E-state index contributed by atoms with van der Waals surface area (Å²) in [6.45, 7) is 1.90. The third kappa shape index (κ3) is 2.76.